The first-order valence-electron chi connectivity index (χ1n) is 33.9. The highest BCUT2D eigenvalue weighted by molar-refractivity contribution is 5.71. The average Bonchev–Trinajstić information content (AvgIpc) is 3.46. The minimum atomic E-state index is -0.793. The topological polar surface area (TPSA) is 78.9 Å². The molecule has 0 bridgehead atoms. The molecule has 0 fully saturated rings. The molecule has 0 spiro atoms. The van der Waals surface area contributed by atoms with Crippen LogP contribution in [0.15, 0.2) is 109 Å². The summed E-state index contributed by atoms with van der Waals surface area (Å²) in [7, 11) is 0. The molecule has 0 aliphatic heterocycles. The first-order valence-corrected chi connectivity index (χ1v) is 33.9. The van der Waals surface area contributed by atoms with E-state index in [2.05, 4.69) is 130 Å². The van der Waals surface area contributed by atoms with Gasteiger partial charge in [0.25, 0.3) is 0 Å². The van der Waals surface area contributed by atoms with Crippen molar-refractivity contribution in [2.24, 2.45) is 0 Å². The maximum absolute atomic E-state index is 12.9. The highest BCUT2D eigenvalue weighted by atomic mass is 16.6. The van der Waals surface area contributed by atoms with E-state index >= 15 is 0 Å². The monoisotopic (exact) mass is 1110 g/mol. The molecule has 6 nitrogen and oxygen atoms in total. The van der Waals surface area contributed by atoms with Crippen molar-refractivity contribution in [1.82, 2.24) is 0 Å². The summed E-state index contributed by atoms with van der Waals surface area (Å²) in [6, 6.07) is 0. The molecule has 0 aliphatic carbocycles. The molecule has 1 unspecified atom stereocenters. The van der Waals surface area contributed by atoms with E-state index in [1.807, 2.05) is 0 Å². The summed E-state index contributed by atoms with van der Waals surface area (Å²) < 4.78 is 16.9. The minimum Gasteiger partial charge on any atom is -0.462 e. The van der Waals surface area contributed by atoms with Gasteiger partial charge in [-0.2, -0.15) is 0 Å². The molecule has 0 saturated heterocycles. The van der Waals surface area contributed by atoms with Gasteiger partial charge in [-0.25, -0.2) is 0 Å². The number of allylic oxidation sites excluding steroid dienone is 18. The molecule has 458 valence electrons. The van der Waals surface area contributed by atoms with Crippen molar-refractivity contribution < 1.29 is 28.6 Å². The van der Waals surface area contributed by atoms with E-state index in [-0.39, 0.29) is 31.1 Å². The van der Waals surface area contributed by atoms with Gasteiger partial charge in [-0.05, 0) is 109 Å². The quantitative estimate of drug-likeness (QED) is 0.0261. The molecular formula is C74H126O6. The normalized spacial score (nSPS) is 12.8. The van der Waals surface area contributed by atoms with Gasteiger partial charge in [0.15, 0.2) is 6.10 Å². The van der Waals surface area contributed by atoms with Crippen molar-refractivity contribution in [2.75, 3.05) is 13.2 Å². The minimum absolute atomic E-state index is 0.0885. The van der Waals surface area contributed by atoms with E-state index in [0.717, 1.165) is 128 Å². The van der Waals surface area contributed by atoms with E-state index in [9.17, 15) is 14.4 Å². The Morgan fingerprint density at radius 1 is 0.263 bits per heavy atom. The summed E-state index contributed by atoms with van der Waals surface area (Å²) in [6.45, 7) is 6.53. The number of hydrogen-bond donors (Lipinski definition) is 0. The number of carbonyl (C=O) groups is 3. The molecule has 0 radical (unpaired) electrons. The third-order valence-corrected chi connectivity index (χ3v) is 14.5. The average molecular weight is 1110 g/mol. The van der Waals surface area contributed by atoms with Gasteiger partial charge in [0.05, 0.1) is 0 Å². The zero-order chi connectivity index (χ0) is 57.8. The largest absolute Gasteiger partial charge is 0.462 e. The Labute approximate surface area is 495 Å². The number of esters is 3. The molecule has 0 N–H and O–H groups in total. The Morgan fingerprint density at radius 3 is 0.775 bits per heavy atom. The van der Waals surface area contributed by atoms with Gasteiger partial charge in [-0.3, -0.25) is 14.4 Å². The molecule has 0 amide bonds. The summed E-state index contributed by atoms with van der Waals surface area (Å²) in [5.74, 6) is -0.909. The molecule has 0 heterocycles. The van der Waals surface area contributed by atoms with Gasteiger partial charge >= 0.3 is 17.9 Å². The molecular weight excluding hydrogens is 985 g/mol. The predicted octanol–water partition coefficient (Wildman–Crippen LogP) is 23.4. The molecule has 1 atom stereocenters. The fourth-order valence-electron chi connectivity index (χ4n) is 9.45. The zero-order valence-electron chi connectivity index (χ0n) is 52.6. The van der Waals surface area contributed by atoms with Crippen molar-refractivity contribution in [3.8, 4) is 0 Å². The van der Waals surface area contributed by atoms with Crippen LogP contribution in [0.1, 0.15) is 323 Å². The van der Waals surface area contributed by atoms with Crippen LogP contribution in [0.5, 0.6) is 0 Å². The standard InChI is InChI=1S/C74H126O6/c1-4-7-10-13-16-19-22-25-28-30-32-33-34-35-36-37-38-39-40-41-42-44-46-49-52-55-58-61-64-67-73(76)79-70-71(69-78-72(75)66-63-60-57-54-51-48-45-27-24-21-18-15-12-9-6-3)80-74(77)68-65-62-59-56-53-50-47-43-31-29-26-23-20-17-14-11-8-5-2/h7,10,16,19,25,27-28,32-33,35-36,38-39,41-42,45-46,49,71H,4-6,8-9,11-15,17-18,20-24,26,29-31,34,37,40,43-44,47-48,50-70H2,1-3H3/b10-7-,19-16-,28-25-,33-32-,36-35-,39-38-,42-41-,45-27-,49-46-. The van der Waals surface area contributed by atoms with Crippen LogP contribution in [-0.4, -0.2) is 37.2 Å². The fourth-order valence-corrected chi connectivity index (χ4v) is 9.45. The second kappa shape index (κ2) is 67.6. The summed E-state index contributed by atoms with van der Waals surface area (Å²) in [6.07, 6.45) is 92.4. The first-order chi connectivity index (χ1) is 39.5. The number of rotatable bonds is 61. The van der Waals surface area contributed by atoms with Gasteiger partial charge in [0.1, 0.15) is 13.2 Å². The molecule has 0 aliphatic rings. The number of unbranched alkanes of at least 4 members (excludes halogenated alkanes) is 32. The second-order valence-electron chi connectivity index (χ2n) is 22.4. The zero-order valence-corrected chi connectivity index (χ0v) is 52.6. The molecule has 0 aromatic rings. The highest BCUT2D eigenvalue weighted by Crippen LogP contribution is 2.17. The van der Waals surface area contributed by atoms with E-state index < -0.39 is 6.10 Å². The number of hydrogen-bond acceptors (Lipinski definition) is 6. The van der Waals surface area contributed by atoms with Crippen molar-refractivity contribution >= 4 is 17.9 Å². The summed E-state index contributed by atoms with van der Waals surface area (Å²) in [5.41, 5.74) is 0. The molecule has 0 aromatic heterocycles. The molecule has 80 heavy (non-hydrogen) atoms. The van der Waals surface area contributed by atoms with E-state index in [4.69, 9.17) is 14.2 Å². The molecule has 0 saturated carbocycles. The lowest BCUT2D eigenvalue weighted by molar-refractivity contribution is -0.167. The van der Waals surface area contributed by atoms with Crippen molar-refractivity contribution in [2.45, 2.75) is 329 Å². The third kappa shape index (κ3) is 64.9. The van der Waals surface area contributed by atoms with Crippen LogP contribution in [0.25, 0.3) is 0 Å². The third-order valence-electron chi connectivity index (χ3n) is 14.5. The molecule has 0 rings (SSSR count). The van der Waals surface area contributed by atoms with Crippen LogP contribution in [0.3, 0.4) is 0 Å². The number of carbonyl (C=O) groups excluding carboxylic acids is 3. The van der Waals surface area contributed by atoms with Crippen molar-refractivity contribution in [1.29, 1.82) is 0 Å². The van der Waals surface area contributed by atoms with E-state index in [1.165, 1.54) is 154 Å². The Balaban J connectivity index is 4.39. The van der Waals surface area contributed by atoms with Gasteiger partial charge in [0.2, 0.25) is 0 Å². The van der Waals surface area contributed by atoms with Crippen molar-refractivity contribution in [3.05, 3.63) is 109 Å². The van der Waals surface area contributed by atoms with E-state index in [0.29, 0.717) is 19.3 Å². The van der Waals surface area contributed by atoms with Crippen LogP contribution in [0.2, 0.25) is 0 Å². The lowest BCUT2D eigenvalue weighted by Crippen LogP contribution is -2.30. The Kier molecular flexibility index (Phi) is 64.3. The van der Waals surface area contributed by atoms with Crippen molar-refractivity contribution in [3.63, 3.8) is 0 Å². The lowest BCUT2D eigenvalue weighted by Gasteiger charge is -2.18. The maximum atomic E-state index is 12.9. The van der Waals surface area contributed by atoms with Crippen LogP contribution in [-0.2, 0) is 28.6 Å². The van der Waals surface area contributed by atoms with Gasteiger partial charge in [-0.1, -0.05) is 304 Å². The van der Waals surface area contributed by atoms with Crippen LogP contribution >= 0.6 is 0 Å². The highest BCUT2D eigenvalue weighted by Gasteiger charge is 2.19. The Hall–Kier alpha value is -3.93. The second-order valence-corrected chi connectivity index (χ2v) is 22.4. The van der Waals surface area contributed by atoms with E-state index in [1.54, 1.807) is 0 Å². The van der Waals surface area contributed by atoms with Gasteiger partial charge in [-0.15, -0.1) is 0 Å². The summed E-state index contributed by atoms with van der Waals surface area (Å²) >= 11 is 0. The first kappa shape index (κ1) is 76.1. The van der Waals surface area contributed by atoms with Crippen LogP contribution in [0.4, 0.5) is 0 Å². The van der Waals surface area contributed by atoms with Crippen LogP contribution in [0, 0.1) is 0 Å². The SMILES string of the molecule is CC/C=C\C/C=C\C/C=C\C/C=C\C/C=C\C/C=C\C/C=C\C/C=C\CCCCCCC(=O)OCC(COC(=O)CCCCCCC/C=C\CCCCCCCC)OC(=O)CCCCCCCCCCCCCCCCCCCC. The molecule has 0 aromatic carbocycles. The number of ether oxygens (including phenoxy) is 3. The maximum Gasteiger partial charge on any atom is 0.306 e. The summed E-state index contributed by atoms with van der Waals surface area (Å²) in [5, 5.41) is 0. The lowest BCUT2D eigenvalue weighted by atomic mass is 10.0. The van der Waals surface area contributed by atoms with Crippen LogP contribution < -0.4 is 0 Å². The Bertz CT molecular complexity index is 1610. The fraction of sp³-hybridized carbons (Fsp3) is 0.716. The Morgan fingerprint density at radius 2 is 0.487 bits per heavy atom. The predicted molar refractivity (Wildman–Crippen MR) is 348 cm³/mol. The van der Waals surface area contributed by atoms with Gasteiger partial charge in [0, 0.05) is 19.3 Å². The smallest absolute Gasteiger partial charge is 0.306 e. The van der Waals surface area contributed by atoms with Gasteiger partial charge < -0.3 is 14.2 Å². The summed E-state index contributed by atoms with van der Waals surface area (Å²) in [4.78, 5) is 38.4. The molecule has 6 heteroatoms.